The van der Waals surface area contributed by atoms with E-state index in [1.807, 2.05) is 0 Å². The van der Waals surface area contributed by atoms with Gasteiger partial charge in [-0.2, -0.15) is 0 Å². The summed E-state index contributed by atoms with van der Waals surface area (Å²) in [5.74, 6) is -2.02. The van der Waals surface area contributed by atoms with Gasteiger partial charge >= 0.3 is 0 Å². The molecule has 0 spiro atoms. The first kappa shape index (κ1) is 13.0. The third-order valence-electron chi connectivity index (χ3n) is 3.35. The topological polar surface area (TPSA) is 29.5 Å². The van der Waals surface area contributed by atoms with Crippen molar-refractivity contribution in [3.63, 3.8) is 0 Å². The molecular weight excluding hydrogens is 269 g/mol. The van der Waals surface area contributed by atoms with Crippen LogP contribution in [0, 0.1) is 17.5 Å². The number of halogens is 3. The van der Waals surface area contributed by atoms with E-state index in [2.05, 4.69) is 0 Å². The number of benzene rings is 2. The Kier molecular flexibility index (Phi) is 3.14. The number of rotatable bonds is 1. The Morgan fingerprint density at radius 1 is 1.00 bits per heavy atom. The van der Waals surface area contributed by atoms with Gasteiger partial charge < -0.3 is 9.84 Å². The average molecular weight is 280 g/mol. The Morgan fingerprint density at radius 3 is 2.55 bits per heavy atom. The maximum atomic E-state index is 13.2. The van der Waals surface area contributed by atoms with E-state index in [-0.39, 0.29) is 6.42 Å². The van der Waals surface area contributed by atoms with Gasteiger partial charge in [-0.3, -0.25) is 0 Å². The lowest BCUT2D eigenvalue weighted by Crippen LogP contribution is -2.19. The highest BCUT2D eigenvalue weighted by Gasteiger charge is 2.28. The van der Waals surface area contributed by atoms with Crippen molar-refractivity contribution >= 4 is 0 Å². The van der Waals surface area contributed by atoms with Gasteiger partial charge in [0.2, 0.25) is 0 Å². The van der Waals surface area contributed by atoms with Gasteiger partial charge in [-0.25, -0.2) is 13.2 Å². The first-order valence-corrected chi connectivity index (χ1v) is 6.13. The third kappa shape index (κ3) is 2.25. The lowest BCUT2D eigenvalue weighted by molar-refractivity contribution is 0.0651. The van der Waals surface area contributed by atoms with Crippen LogP contribution in [-0.4, -0.2) is 5.11 Å². The summed E-state index contributed by atoms with van der Waals surface area (Å²) < 4.78 is 44.9. The third-order valence-corrected chi connectivity index (χ3v) is 3.35. The zero-order valence-electron chi connectivity index (χ0n) is 10.3. The molecule has 2 nitrogen and oxygen atoms in total. The Morgan fingerprint density at radius 2 is 1.80 bits per heavy atom. The van der Waals surface area contributed by atoms with E-state index in [0.29, 0.717) is 16.9 Å². The van der Waals surface area contributed by atoms with Gasteiger partial charge in [0, 0.05) is 12.0 Å². The SMILES string of the molecule is O[C@@H]1CC(c2ccc(F)c(F)c2)Oc2ccc(F)cc21. The smallest absolute Gasteiger partial charge is 0.159 e. The molecule has 5 heteroatoms. The Balaban J connectivity index is 1.94. The second-order valence-electron chi connectivity index (χ2n) is 4.71. The summed E-state index contributed by atoms with van der Waals surface area (Å²) in [6, 6.07) is 7.31. The highest BCUT2D eigenvalue weighted by molar-refractivity contribution is 5.39. The quantitative estimate of drug-likeness (QED) is 0.863. The van der Waals surface area contributed by atoms with Gasteiger partial charge in [0.15, 0.2) is 11.6 Å². The normalized spacial score (nSPS) is 21.2. The molecule has 1 unspecified atom stereocenters. The van der Waals surface area contributed by atoms with Gasteiger partial charge in [0.1, 0.15) is 17.7 Å². The van der Waals surface area contributed by atoms with Crippen LogP contribution in [0.15, 0.2) is 36.4 Å². The van der Waals surface area contributed by atoms with Crippen LogP contribution in [0.2, 0.25) is 0 Å². The summed E-state index contributed by atoms with van der Waals surface area (Å²) in [6.45, 7) is 0. The van der Waals surface area contributed by atoms with Crippen molar-refractivity contribution in [2.45, 2.75) is 18.6 Å². The fourth-order valence-electron chi connectivity index (χ4n) is 2.33. The molecule has 0 saturated carbocycles. The maximum absolute atomic E-state index is 13.2. The Hall–Kier alpha value is -2.01. The van der Waals surface area contributed by atoms with Gasteiger partial charge in [0.05, 0.1) is 6.10 Å². The lowest BCUT2D eigenvalue weighted by Gasteiger charge is -2.30. The predicted molar refractivity (Wildman–Crippen MR) is 65.7 cm³/mol. The van der Waals surface area contributed by atoms with Crippen LogP contribution in [0.4, 0.5) is 13.2 Å². The van der Waals surface area contributed by atoms with Crippen molar-refractivity contribution in [3.8, 4) is 5.75 Å². The second-order valence-corrected chi connectivity index (χ2v) is 4.71. The minimum absolute atomic E-state index is 0.154. The average Bonchev–Trinajstić information content (AvgIpc) is 2.42. The molecule has 0 aromatic heterocycles. The molecule has 0 bridgehead atoms. The summed E-state index contributed by atoms with van der Waals surface area (Å²) in [5.41, 5.74) is 0.793. The molecule has 0 fully saturated rings. The monoisotopic (exact) mass is 280 g/mol. The highest BCUT2D eigenvalue weighted by Crippen LogP contribution is 2.41. The van der Waals surface area contributed by atoms with Gasteiger partial charge in [0.25, 0.3) is 0 Å². The Bertz CT molecular complexity index is 658. The van der Waals surface area contributed by atoms with E-state index in [9.17, 15) is 18.3 Å². The molecular formula is C15H11F3O2. The van der Waals surface area contributed by atoms with Crippen LogP contribution in [0.3, 0.4) is 0 Å². The second kappa shape index (κ2) is 4.83. The van der Waals surface area contributed by atoms with Crippen molar-refractivity contribution < 1.29 is 23.0 Å². The largest absolute Gasteiger partial charge is 0.485 e. The first-order chi connectivity index (χ1) is 9.54. The molecule has 3 rings (SSSR count). The minimum atomic E-state index is -0.967. The standard InChI is InChI=1S/C15H11F3O2/c16-9-2-4-14-10(6-9)13(19)7-15(20-14)8-1-3-11(17)12(18)5-8/h1-6,13,15,19H,7H2/t13-,15?/m1/s1. The van der Waals surface area contributed by atoms with E-state index in [4.69, 9.17) is 4.74 Å². The van der Waals surface area contributed by atoms with Crippen LogP contribution in [0.5, 0.6) is 5.75 Å². The molecule has 0 amide bonds. The number of fused-ring (bicyclic) bond motifs is 1. The number of aliphatic hydroxyl groups is 1. The van der Waals surface area contributed by atoms with Crippen LogP contribution in [0.1, 0.15) is 29.8 Å². The number of hydrogen-bond acceptors (Lipinski definition) is 2. The fourth-order valence-corrected chi connectivity index (χ4v) is 2.33. The van der Waals surface area contributed by atoms with Crippen molar-refractivity contribution in [2.24, 2.45) is 0 Å². The van der Waals surface area contributed by atoms with E-state index < -0.39 is 29.7 Å². The molecule has 2 aromatic carbocycles. The van der Waals surface area contributed by atoms with E-state index in [0.717, 1.165) is 12.1 Å². The summed E-state index contributed by atoms with van der Waals surface area (Å²) in [6.07, 6.45) is -1.35. The highest BCUT2D eigenvalue weighted by atomic mass is 19.2. The molecule has 2 aromatic rings. The molecule has 2 atom stereocenters. The van der Waals surface area contributed by atoms with Gasteiger partial charge in [-0.05, 0) is 35.9 Å². The lowest BCUT2D eigenvalue weighted by atomic mass is 9.95. The van der Waals surface area contributed by atoms with E-state index >= 15 is 0 Å². The summed E-state index contributed by atoms with van der Waals surface area (Å²) in [4.78, 5) is 0. The van der Waals surface area contributed by atoms with Crippen LogP contribution in [0.25, 0.3) is 0 Å². The molecule has 0 saturated heterocycles. The van der Waals surface area contributed by atoms with Crippen LogP contribution in [-0.2, 0) is 0 Å². The summed E-state index contributed by atoms with van der Waals surface area (Å²) in [7, 11) is 0. The molecule has 1 aliphatic heterocycles. The number of hydrogen-bond donors (Lipinski definition) is 1. The Labute approximate surface area is 113 Å². The molecule has 1 aliphatic rings. The molecule has 0 aliphatic carbocycles. The van der Waals surface area contributed by atoms with Gasteiger partial charge in [-0.15, -0.1) is 0 Å². The van der Waals surface area contributed by atoms with E-state index in [1.54, 1.807) is 0 Å². The summed E-state index contributed by atoms with van der Waals surface area (Å²) in [5, 5.41) is 10.0. The predicted octanol–water partition coefficient (Wildman–Crippen LogP) is 3.66. The van der Waals surface area contributed by atoms with Gasteiger partial charge in [-0.1, -0.05) is 6.07 Å². The van der Waals surface area contributed by atoms with Crippen molar-refractivity contribution in [3.05, 3.63) is 65.0 Å². The molecule has 104 valence electrons. The fraction of sp³-hybridized carbons (Fsp3) is 0.200. The zero-order chi connectivity index (χ0) is 14.3. The first-order valence-electron chi connectivity index (χ1n) is 6.13. The van der Waals surface area contributed by atoms with Crippen molar-refractivity contribution in [1.29, 1.82) is 0 Å². The molecule has 20 heavy (non-hydrogen) atoms. The number of ether oxygens (including phenoxy) is 1. The summed E-state index contributed by atoms with van der Waals surface area (Å²) >= 11 is 0. The molecule has 1 heterocycles. The maximum Gasteiger partial charge on any atom is 0.159 e. The van der Waals surface area contributed by atoms with E-state index in [1.165, 1.54) is 24.3 Å². The zero-order valence-corrected chi connectivity index (χ0v) is 10.3. The number of aliphatic hydroxyl groups excluding tert-OH is 1. The minimum Gasteiger partial charge on any atom is -0.485 e. The molecule has 1 N–H and O–H groups in total. The van der Waals surface area contributed by atoms with Crippen LogP contribution >= 0.6 is 0 Å². The van der Waals surface area contributed by atoms with Crippen molar-refractivity contribution in [1.82, 2.24) is 0 Å². The molecule has 0 radical (unpaired) electrons. The van der Waals surface area contributed by atoms with Crippen molar-refractivity contribution in [2.75, 3.05) is 0 Å². The van der Waals surface area contributed by atoms with Crippen LogP contribution < -0.4 is 4.74 Å².